The second-order valence-electron chi connectivity index (χ2n) is 5.00. The van der Waals surface area contributed by atoms with Gasteiger partial charge in [-0.2, -0.15) is 0 Å². The van der Waals surface area contributed by atoms with Crippen LogP contribution in [0, 0.1) is 0 Å². The van der Waals surface area contributed by atoms with Crippen LogP contribution in [0.25, 0.3) is 0 Å². The van der Waals surface area contributed by atoms with Crippen LogP contribution in [0.3, 0.4) is 0 Å². The normalized spacial score (nSPS) is 19.0. The van der Waals surface area contributed by atoms with Crippen LogP contribution >= 0.6 is 11.8 Å². The van der Waals surface area contributed by atoms with E-state index in [-0.39, 0.29) is 12.1 Å². The SMILES string of the molecule is CC(N)Cc1cnc(C2CSc3ccccc3O2)nc1. The number of hydrogen-bond acceptors (Lipinski definition) is 5. The fourth-order valence-corrected chi connectivity index (χ4v) is 3.14. The molecule has 5 heteroatoms. The van der Waals surface area contributed by atoms with E-state index >= 15 is 0 Å². The fraction of sp³-hybridized carbons (Fsp3) is 0.333. The molecule has 1 aliphatic rings. The molecule has 2 aromatic rings. The third-order valence-corrected chi connectivity index (χ3v) is 4.20. The molecule has 1 aromatic carbocycles. The number of benzene rings is 1. The van der Waals surface area contributed by atoms with E-state index in [0.717, 1.165) is 29.3 Å². The highest BCUT2D eigenvalue weighted by molar-refractivity contribution is 7.99. The number of aromatic nitrogens is 2. The number of para-hydroxylation sites is 1. The van der Waals surface area contributed by atoms with E-state index in [1.54, 1.807) is 11.8 Å². The van der Waals surface area contributed by atoms with E-state index in [2.05, 4.69) is 16.0 Å². The van der Waals surface area contributed by atoms with Crippen LogP contribution < -0.4 is 10.5 Å². The molecule has 2 atom stereocenters. The summed E-state index contributed by atoms with van der Waals surface area (Å²) in [7, 11) is 0. The summed E-state index contributed by atoms with van der Waals surface area (Å²) >= 11 is 1.78. The summed E-state index contributed by atoms with van der Waals surface area (Å²) in [4.78, 5) is 10.0. The Kier molecular flexibility index (Phi) is 3.89. The lowest BCUT2D eigenvalue weighted by Gasteiger charge is -2.24. The Bertz CT molecular complexity index is 586. The van der Waals surface area contributed by atoms with E-state index in [1.807, 2.05) is 37.5 Å². The van der Waals surface area contributed by atoms with Gasteiger partial charge >= 0.3 is 0 Å². The molecule has 0 bridgehead atoms. The second-order valence-corrected chi connectivity index (χ2v) is 6.06. The highest BCUT2D eigenvalue weighted by Crippen LogP contribution is 2.39. The summed E-state index contributed by atoms with van der Waals surface area (Å²) in [6, 6.07) is 8.18. The molecule has 0 radical (unpaired) electrons. The van der Waals surface area contributed by atoms with Gasteiger partial charge in [0.1, 0.15) is 5.75 Å². The molecule has 0 aliphatic carbocycles. The van der Waals surface area contributed by atoms with Crippen molar-refractivity contribution in [2.75, 3.05) is 5.75 Å². The zero-order valence-electron chi connectivity index (χ0n) is 11.3. The minimum absolute atomic E-state index is 0.0840. The monoisotopic (exact) mass is 287 g/mol. The highest BCUT2D eigenvalue weighted by Gasteiger charge is 2.23. The van der Waals surface area contributed by atoms with Gasteiger partial charge in [0.15, 0.2) is 11.9 Å². The molecule has 0 saturated carbocycles. The van der Waals surface area contributed by atoms with E-state index in [1.165, 1.54) is 4.90 Å². The van der Waals surface area contributed by atoms with Gasteiger partial charge in [0, 0.05) is 29.1 Å². The summed E-state index contributed by atoms with van der Waals surface area (Å²) in [6.07, 6.45) is 4.41. The Morgan fingerprint density at radius 3 is 2.85 bits per heavy atom. The molecule has 2 unspecified atom stereocenters. The van der Waals surface area contributed by atoms with Gasteiger partial charge in [-0.1, -0.05) is 12.1 Å². The quantitative estimate of drug-likeness (QED) is 0.940. The van der Waals surface area contributed by atoms with E-state index in [0.29, 0.717) is 0 Å². The standard InChI is InChI=1S/C15H17N3OS/c1-10(16)6-11-7-17-15(18-8-11)13-9-20-14-5-3-2-4-12(14)19-13/h2-5,7-8,10,13H,6,9,16H2,1H3. The first-order chi connectivity index (χ1) is 9.72. The summed E-state index contributed by atoms with van der Waals surface area (Å²) in [5, 5.41) is 0. The molecule has 0 amide bonds. The lowest BCUT2D eigenvalue weighted by molar-refractivity contribution is 0.210. The predicted octanol–water partition coefficient (Wildman–Crippen LogP) is 2.59. The van der Waals surface area contributed by atoms with Crippen LogP contribution in [-0.2, 0) is 6.42 Å². The van der Waals surface area contributed by atoms with Crippen LogP contribution in [-0.4, -0.2) is 21.8 Å². The first kappa shape index (κ1) is 13.4. The zero-order chi connectivity index (χ0) is 13.9. The molecule has 20 heavy (non-hydrogen) atoms. The maximum atomic E-state index is 5.97. The number of ether oxygens (including phenoxy) is 1. The number of rotatable bonds is 3. The van der Waals surface area contributed by atoms with Gasteiger partial charge in [-0.25, -0.2) is 9.97 Å². The van der Waals surface area contributed by atoms with Gasteiger partial charge in [-0.3, -0.25) is 0 Å². The van der Waals surface area contributed by atoms with Crippen LogP contribution in [0.2, 0.25) is 0 Å². The fourth-order valence-electron chi connectivity index (χ4n) is 2.15. The van der Waals surface area contributed by atoms with E-state index < -0.39 is 0 Å². The Morgan fingerprint density at radius 2 is 2.10 bits per heavy atom. The van der Waals surface area contributed by atoms with Crippen molar-refractivity contribution in [3.63, 3.8) is 0 Å². The van der Waals surface area contributed by atoms with Crippen molar-refractivity contribution in [2.45, 2.75) is 30.4 Å². The molecule has 0 saturated heterocycles. The summed E-state index contributed by atoms with van der Waals surface area (Å²) in [5.41, 5.74) is 6.84. The average molecular weight is 287 g/mol. The minimum atomic E-state index is -0.0840. The van der Waals surface area contributed by atoms with E-state index in [9.17, 15) is 0 Å². The number of fused-ring (bicyclic) bond motifs is 1. The maximum Gasteiger partial charge on any atom is 0.170 e. The van der Waals surface area contributed by atoms with Gasteiger partial charge in [0.25, 0.3) is 0 Å². The maximum absolute atomic E-state index is 5.97. The molecule has 104 valence electrons. The predicted molar refractivity (Wildman–Crippen MR) is 79.9 cm³/mol. The molecule has 1 aliphatic heterocycles. The highest BCUT2D eigenvalue weighted by atomic mass is 32.2. The van der Waals surface area contributed by atoms with Crippen molar-refractivity contribution in [3.05, 3.63) is 48.0 Å². The van der Waals surface area contributed by atoms with Crippen molar-refractivity contribution >= 4 is 11.8 Å². The Labute approximate surface area is 122 Å². The summed E-state index contributed by atoms with van der Waals surface area (Å²) in [6.45, 7) is 1.98. The Balaban J connectivity index is 1.74. The first-order valence-electron chi connectivity index (χ1n) is 6.67. The largest absolute Gasteiger partial charge is 0.480 e. The Morgan fingerprint density at radius 1 is 1.35 bits per heavy atom. The summed E-state index contributed by atoms with van der Waals surface area (Å²) < 4.78 is 5.97. The summed E-state index contributed by atoms with van der Waals surface area (Å²) in [5.74, 6) is 2.49. The zero-order valence-corrected chi connectivity index (χ0v) is 12.1. The lowest BCUT2D eigenvalue weighted by Crippen LogP contribution is -2.20. The lowest BCUT2D eigenvalue weighted by atomic mass is 10.1. The molecule has 2 N–H and O–H groups in total. The van der Waals surface area contributed by atoms with Crippen molar-refractivity contribution in [2.24, 2.45) is 5.73 Å². The van der Waals surface area contributed by atoms with Gasteiger partial charge in [0.2, 0.25) is 0 Å². The molecule has 3 rings (SSSR count). The molecular weight excluding hydrogens is 270 g/mol. The van der Waals surface area contributed by atoms with Crippen molar-refractivity contribution in [1.29, 1.82) is 0 Å². The van der Waals surface area contributed by atoms with Gasteiger partial charge in [-0.15, -0.1) is 11.8 Å². The van der Waals surface area contributed by atoms with Gasteiger partial charge < -0.3 is 10.5 Å². The van der Waals surface area contributed by atoms with Gasteiger partial charge in [0.05, 0.1) is 0 Å². The second kappa shape index (κ2) is 5.81. The number of nitrogens with two attached hydrogens (primary N) is 1. The van der Waals surface area contributed by atoms with Crippen molar-refractivity contribution in [3.8, 4) is 5.75 Å². The molecule has 0 spiro atoms. The van der Waals surface area contributed by atoms with Crippen LogP contribution in [0.1, 0.15) is 24.4 Å². The first-order valence-corrected chi connectivity index (χ1v) is 7.66. The molecular formula is C15H17N3OS. The van der Waals surface area contributed by atoms with Crippen molar-refractivity contribution < 1.29 is 4.74 Å². The van der Waals surface area contributed by atoms with E-state index in [4.69, 9.17) is 10.5 Å². The number of nitrogens with zero attached hydrogens (tertiary/aromatic N) is 2. The molecule has 2 heterocycles. The number of thioether (sulfide) groups is 1. The molecule has 0 fully saturated rings. The third kappa shape index (κ3) is 2.94. The van der Waals surface area contributed by atoms with Crippen molar-refractivity contribution in [1.82, 2.24) is 9.97 Å². The number of hydrogen-bond donors (Lipinski definition) is 1. The van der Waals surface area contributed by atoms with Crippen LogP contribution in [0.4, 0.5) is 0 Å². The molecule has 1 aromatic heterocycles. The van der Waals surface area contributed by atoms with Gasteiger partial charge in [-0.05, 0) is 31.0 Å². The van der Waals surface area contributed by atoms with Crippen LogP contribution in [0.5, 0.6) is 5.75 Å². The average Bonchev–Trinajstić information content (AvgIpc) is 2.47. The van der Waals surface area contributed by atoms with Crippen LogP contribution in [0.15, 0.2) is 41.6 Å². The molecule has 4 nitrogen and oxygen atoms in total. The third-order valence-electron chi connectivity index (χ3n) is 3.08. The smallest absolute Gasteiger partial charge is 0.170 e. The topological polar surface area (TPSA) is 61.0 Å². The Hall–Kier alpha value is -1.59. The minimum Gasteiger partial charge on any atom is -0.480 e.